The van der Waals surface area contributed by atoms with Gasteiger partial charge in [0.1, 0.15) is 11.5 Å². The van der Waals surface area contributed by atoms with Gasteiger partial charge in [-0.2, -0.15) is 0 Å². The molecule has 0 saturated heterocycles. The van der Waals surface area contributed by atoms with E-state index in [1.165, 1.54) is 6.07 Å². The molecule has 1 amide bonds. The lowest BCUT2D eigenvalue weighted by Gasteiger charge is -2.37. The number of fused-ring (bicyclic) bond motifs is 6. The number of ether oxygens (including phenoxy) is 1. The van der Waals surface area contributed by atoms with Gasteiger partial charge in [-0.1, -0.05) is 24.1 Å². The smallest absolute Gasteiger partial charge is 0.340 e. The van der Waals surface area contributed by atoms with Crippen molar-refractivity contribution in [3.63, 3.8) is 0 Å². The molecule has 0 radical (unpaired) electrons. The minimum absolute atomic E-state index is 0.0814. The number of amides is 1. The summed E-state index contributed by atoms with van der Waals surface area (Å²) >= 11 is 0. The molecule has 0 unspecified atom stereocenters. The zero-order chi connectivity index (χ0) is 21.8. The Morgan fingerprint density at radius 3 is 2.23 bits per heavy atom. The maximum absolute atomic E-state index is 13.0. The van der Waals surface area contributed by atoms with Gasteiger partial charge in [0.25, 0.3) is 5.91 Å². The van der Waals surface area contributed by atoms with E-state index < -0.39 is 11.6 Å². The molecule has 5 rings (SSSR count). The average Bonchev–Trinajstić information content (AvgIpc) is 3.04. The first-order valence-electron chi connectivity index (χ1n) is 9.68. The van der Waals surface area contributed by atoms with Gasteiger partial charge in [0.05, 0.1) is 12.1 Å². The number of nitrogens with one attached hydrogen (secondary N) is 1. The van der Waals surface area contributed by atoms with Crippen molar-refractivity contribution in [1.29, 1.82) is 0 Å². The third-order valence-electron chi connectivity index (χ3n) is 5.79. The molecular formula is C25H17NO5. The van der Waals surface area contributed by atoms with E-state index in [2.05, 4.69) is 11.2 Å². The van der Waals surface area contributed by atoms with Crippen LogP contribution in [0.4, 0.5) is 0 Å². The second-order valence-electron chi connectivity index (χ2n) is 7.58. The van der Waals surface area contributed by atoms with E-state index in [1.54, 1.807) is 48.5 Å². The van der Waals surface area contributed by atoms with Gasteiger partial charge in [-0.15, -0.1) is 6.42 Å². The minimum atomic E-state index is -1.23. The van der Waals surface area contributed by atoms with Gasteiger partial charge in [-0.05, 0) is 53.9 Å². The van der Waals surface area contributed by atoms with Crippen molar-refractivity contribution in [2.24, 2.45) is 0 Å². The maximum Gasteiger partial charge on any atom is 0.340 e. The Morgan fingerprint density at radius 1 is 1.00 bits per heavy atom. The number of hydrogen-bond acceptors (Lipinski definition) is 5. The highest BCUT2D eigenvalue weighted by Gasteiger charge is 2.52. The monoisotopic (exact) mass is 411 g/mol. The van der Waals surface area contributed by atoms with Gasteiger partial charge in [0.2, 0.25) is 0 Å². The molecule has 1 heterocycles. The molecule has 3 N–H and O–H groups in total. The molecule has 6 heteroatoms. The molecule has 1 spiro atoms. The van der Waals surface area contributed by atoms with Crippen molar-refractivity contribution in [2.75, 3.05) is 6.54 Å². The summed E-state index contributed by atoms with van der Waals surface area (Å²) in [6.07, 6.45) is 5.66. The van der Waals surface area contributed by atoms with Gasteiger partial charge < -0.3 is 20.3 Å². The summed E-state index contributed by atoms with van der Waals surface area (Å²) in [4.78, 5) is 25.3. The predicted molar refractivity (Wildman–Crippen MR) is 112 cm³/mol. The molecule has 0 bridgehead atoms. The Balaban J connectivity index is 1.74. The lowest BCUT2D eigenvalue weighted by atomic mass is 9.71. The molecule has 0 fully saturated rings. The topological polar surface area (TPSA) is 95.9 Å². The number of rotatable bonds is 2. The van der Waals surface area contributed by atoms with Crippen LogP contribution in [0.1, 0.15) is 48.5 Å². The van der Waals surface area contributed by atoms with E-state index in [-0.39, 0.29) is 29.5 Å². The van der Waals surface area contributed by atoms with Crippen molar-refractivity contribution >= 4 is 11.9 Å². The fourth-order valence-corrected chi connectivity index (χ4v) is 4.53. The average molecular weight is 411 g/mol. The summed E-state index contributed by atoms with van der Waals surface area (Å²) in [5, 5.41) is 22.6. The van der Waals surface area contributed by atoms with Crippen molar-refractivity contribution < 1.29 is 24.5 Å². The molecule has 0 atom stereocenters. The van der Waals surface area contributed by atoms with Gasteiger partial charge in [-0.3, -0.25) is 4.79 Å². The van der Waals surface area contributed by atoms with Crippen LogP contribution in [0.15, 0.2) is 54.6 Å². The highest BCUT2D eigenvalue weighted by molar-refractivity contribution is 6.01. The van der Waals surface area contributed by atoms with Gasteiger partial charge in [-0.25, -0.2) is 4.79 Å². The summed E-state index contributed by atoms with van der Waals surface area (Å²) in [5.41, 5.74) is 3.00. The third kappa shape index (κ3) is 2.67. The fraction of sp³-hybridized carbons (Fsp3) is 0.120. The second-order valence-corrected chi connectivity index (χ2v) is 7.58. The lowest BCUT2D eigenvalue weighted by Crippen LogP contribution is -2.35. The fourth-order valence-electron chi connectivity index (χ4n) is 4.53. The quantitative estimate of drug-likeness (QED) is 0.445. The Morgan fingerprint density at radius 2 is 1.61 bits per heavy atom. The second kappa shape index (κ2) is 6.64. The molecule has 3 aromatic carbocycles. The van der Waals surface area contributed by atoms with E-state index in [9.17, 15) is 19.8 Å². The number of phenolic OH excluding ortho intramolecular Hbond substituents is 2. The lowest BCUT2D eigenvalue weighted by molar-refractivity contribution is 0.0240. The number of terminal acetylenes is 1. The SMILES string of the molecule is C#CCNC(=O)c1ccc2c(c1)C(=O)OC21c2ccc(O)cc2Cc2cc(O)ccc21. The van der Waals surface area contributed by atoms with E-state index in [4.69, 9.17) is 11.2 Å². The van der Waals surface area contributed by atoms with Crippen molar-refractivity contribution in [3.05, 3.63) is 93.5 Å². The normalized spacial score (nSPS) is 14.7. The van der Waals surface area contributed by atoms with Gasteiger partial charge in [0, 0.05) is 22.3 Å². The third-order valence-corrected chi connectivity index (χ3v) is 5.79. The van der Waals surface area contributed by atoms with Crippen molar-refractivity contribution in [3.8, 4) is 23.8 Å². The number of carbonyl (C=O) groups excluding carboxylic acids is 2. The van der Waals surface area contributed by atoms with Gasteiger partial charge >= 0.3 is 5.97 Å². The van der Waals surface area contributed by atoms with E-state index in [0.29, 0.717) is 17.5 Å². The molecule has 1 aliphatic heterocycles. The zero-order valence-electron chi connectivity index (χ0n) is 16.3. The highest BCUT2D eigenvalue weighted by atomic mass is 16.6. The molecule has 0 aromatic heterocycles. The van der Waals surface area contributed by atoms with Crippen LogP contribution < -0.4 is 5.32 Å². The summed E-state index contributed by atoms with van der Waals surface area (Å²) in [7, 11) is 0. The number of benzene rings is 3. The predicted octanol–water partition coefficient (Wildman–Crippen LogP) is 2.83. The van der Waals surface area contributed by atoms with E-state index >= 15 is 0 Å². The van der Waals surface area contributed by atoms with E-state index in [0.717, 1.165) is 22.3 Å². The van der Waals surface area contributed by atoms with Crippen LogP contribution in [0.3, 0.4) is 0 Å². The first-order valence-corrected chi connectivity index (χ1v) is 9.68. The van der Waals surface area contributed by atoms with Crippen LogP contribution in [-0.2, 0) is 16.8 Å². The van der Waals surface area contributed by atoms with Crippen LogP contribution in [0.5, 0.6) is 11.5 Å². The molecular weight excluding hydrogens is 394 g/mol. The van der Waals surface area contributed by atoms with Crippen molar-refractivity contribution in [2.45, 2.75) is 12.0 Å². The van der Waals surface area contributed by atoms with Crippen LogP contribution >= 0.6 is 0 Å². The first-order chi connectivity index (χ1) is 14.9. The number of aromatic hydroxyl groups is 2. The molecule has 152 valence electrons. The highest BCUT2D eigenvalue weighted by Crippen LogP contribution is 2.52. The first kappa shape index (κ1) is 18.8. The number of phenols is 2. The minimum Gasteiger partial charge on any atom is -0.508 e. The Bertz CT molecular complexity index is 1270. The summed E-state index contributed by atoms with van der Waals surface area (Å²) in [6, 6.07) is 14.7. The van der Waals surface area contributed by atoms with Gasteiger partial charge in [0.15, 0.2) is 5.60 Å². The summed E-state index contributed by atoms with van der Waals surface area (Å²) in [5.74, 6) is 1.61. The van der Waals surface area contributed by atoms with E-state index in [1.807, 2.05) is 0 Å². The largest absolute Gasteiger partial charge is 0.508 e. The number of esters is 1. The van der Waals surface area contributed by atoms with Crippen LogP contribution in [0.25, 0.3) is 0 Å². The molecule has 0 saturated carbocycles. The Labute approximate surface area is 178 Å². The van der Waals surface area contributed by atoms with Crippen LogP contribution in [0.2, 0.25) is 0 Å². The number of hydrogen-bond donors (Lipinski definition) is 3. The Hall–Kier alpha value is -4.24. The number of carbonyl (C=O) groups is 2. The van der Waals surface area contributed by atoms with Crippen LogP contribution in [0, 0.1) is 12.3 Å². The molecule has 3 aromatic rings. The maximum atomic E-state index is 13.0. The molecule has 2 aliphatic rings. The Kier molecular flexibility index (Phi) is 4.02. The molecule has 1 aliphatic carbocycles. The zero-order valence-corrected chi connectivity index (χ0v) is 16.3. The van der Waals surface area contributed by atoms with Crippen LogP contribution in [-0.4, -0.2) is 28.6 Å². The summed E-state index contributed by atoms with van der Waals surface area (Å²) in [6.45, 7) is 0.0814. The molecule has 31 heavy (non-hydrogen) atoms. The standard InChI is InChI=1S/C25H17NO5/c1-2-9-26-23(29)14-3-6-22-19(13-14)24(30)31-25(22)20-7-4-17(27)11-15(20)10-16-12-18(28)5-8-21(16)25/h1,3-8,11-13,27-28H,9-10H2,(H,26,29). The summed E-state index contributed by atoms with van der Waals surface area (Å²) < 4.78 is 6.04. The molecule has 6 nitrogen and oxygen atoms in total. The van der Waals surface area contributed by atoms with Crippen molar-refractivity contribution in [1.82, 2.24) is 5.32 Å².